The Kier molecular flexibility index (Phi) is 3.68. The molecule has 2 aromatic rings. The molecule has 3 rings (SSSR count). The molecule has 1 aliphatic rings. The summed E-state index contributed by atoms with van der Waals surface area (Å²) in [4.78, 5) is 12.5. The van der Waals surface area contributed by atoms with Crippen molar-refractivity contribution >= 4 is 33.2 Å². The van der Waals surface area contributed by atoms with Gasteiger partial charge in [0.25, 0.3) is 0 Å². The van der Waals surface area contributed by atoms with Gasteiger partial charge in [-0.05, 0) is 52.2 Å². The molecule has 0 saturated heterocycles. The van der Waals surface area contributed by atoms with Gasteiger partial charge >= 0.3 is 0 Å². The average Bonchev–Trinajstić information content (AvgIpc) is 2.88. The van der Waals surface area contributed by atoms with Crippen LogP contribution in [-0.4, -0.2) is 12.5 Å². The largest absolute Gasteiger partial charge is 0.384 e. The summed E-state index contributed by atoms with van der Waals surface area (Å²) in [7, 11) is 0. The molecule has 5 heteroatoms. The molecule has 2 N–H and O–H groups in total. The summed E-state index contributed by atoms with van der Waals surface area (Å²) in [6.45, 7) is 2.35. The van der Waals surface area contributed by atoms with E-state index in [1.807, 2.05) is 24.3 Å². The summed E-state index contributed by atoms with van der Waals surface area (Å²) in [6, 6.07) is 10.8. The molecule has 1 atom stereocenters. The fourth-order valence-corrected chi connectivity index (χ4v) is 2.86. The van der Waals surface area contributed by atoms with Crippen molar-refractivity contribution < 1.29 is 9.18 Å². The van der Waals surface area contributed by atoms with Crippen molar-refractivity contribution in [1.82, 2.24) is 0 Å². The second-order valence-corrected chi connectivity index (χ2v) is 5.95. The number of carbonyl (C=O) groups excluding carboxylic acids is 1. The summed E-state index contributed by atoms with van der Waals surface area (Å²) in [5.41, 5.74) is 3.31. The Balaban J connectivity index is 1.84. The lowest BCUT2D eigenvalue weighted by Gasteiger charge is -2.13. The van der Waals surface area contributed by atoms with Crippen molar-refractivity contribution in [2.75, 3.05) is 17.2 Å². The van der Waals surface area contributed by atoms with E-state index in [9.17, 15) is 9.18 Å². The molecule has 108 valence electrons. The van der Waals surface area contributed by atoms with Gasteiger partial charge in [-0.1, -0.05) is 18.2 Å². The number of hydrogen-bond donors (Lipinski definition) is 2. The number of para-hydroxylation sites is 1. The lowest BCUT2D eigenvalue weighted by atomic mass is 10.0. The van der Waals surface area contributed by atoms with Gasteiger partial charge in [0, 0.05) is 17.9 Å². The van der Waals surface area contributed by atoms with Crippen molar-refractivity contribution in [3.05, 3.63) is 57.8 Å². The maximum absolute atomic E-state index is 13.4. The monoisotopic (exact) mass is 348 g/mol. The quantitative estimate of drug-likeness (QED) is 0.859. The van der Waals surface area contributed by atoms with Crippen LogP contribution in [0, 0.1) is 12.7 Å². The molecule has 1 aliphatic heterocycles. The Morgan fingerprint density at radius 2 is 2.14 bits per heavy atom. The topological polar surface area (TPSA) is 41.1 Å². The second kappa shape index (κ2) is 5.48. The van der Waals surface area contributed by atoms with E-state index in [0.29, 0.717) is 22.3 Å². The van der Waals surface area contributed by atoms with Crippen LogP contribution in [0.3, 0.4) is 0 Å². The first kappa shape index (κ1) is 14.1. The molecule has 0 aromatic heterocycles. The Morgan fingerprint density at radius 1 is 1.38 bits per heavy atom. The Hall–Kier alpha value is -1.88. The van der Waals surface area contributed by atoms with Crippen LogP contribution in [0.25, 0.3) is 0 Å². The van der Waals surface area contributed by atoms with Crippen LogP contribution in [-0.2, 0) is 4.79 Å². The van der Waals surface area contributed by atoms with Crippen LogP contribution in [0.15, 0.2) is 40.9 Å². The fourth-order valence-electron chi connectivity index (χ4n) is 2.52. The zero-order chi connectivity index (χ0) is 15.0. The molecule has 21 heavy (non-hydrogen) atoms. The zero-order valence-corrected chi connectivity index (χ0v) is 13.0. The lowest BCUT2D eigenvalue weighted by Crippen LogP contribution is -2.23. The first-order chi connectivity index (χ1) is 10.1. The van der Waals surface area contributed by atoms with Gasteiger partial charge in [0.05, 0.1) is 10.4 Å². The van der Waals surface area contributed by atoms with Gasteiger partial charge in [-0.25, -0.2) is 4.39 Å². The van der Waals surface area contributed by atoms with E-state index in [4.69, 9.17) is 0 Å². The number of carbonyl (C=O) groups is 1. The van der Waals surface area contributed by atoms with Crippen LogP contribution in [0.1, 0.15) is 17.0 Å². The molecule has 0 spiro atoms. The van der Waals surface area contributed by atoms with Crippen molar-refractivity contribution in [1.29, 1.82) is 0 Å². The Morgan fingerprint density at radius 3 is 2.95 bits per heavy atom. The summed E-state index contributed by atoms with van der Waals surface area (Å²) in [5, 5.41) is 6.11. The molecule has 1 unspecified atom stereocenters. The van der Waals surface area contributed by atoms with Crippen molar-refractivity contribution in [2.24, 2.45) is 0 Å². The molecule has 0 fully saturated rings. The van der Waals surface area contributed by atoms with E-state index < -0.39 is 0 Å². The fraction of sp³-hybridized carbons (Fsp3) is 0.188. The minimum absolute atomic E-state index is 0.0888. The predicted octanol–water partition coefficient (Wildman–Crippen LogP) is 4.04. The van der Waals surface area contributed by atoms with E-state index in [1.54, 1.807) is 13.0 Å². The molecular weight excluding hydrogens is 335 g/mol. The standard InChI is InChI=1S/C16H14BrFN2O/c1-9-6-13(18)12(17)7-15(9)20-16(21)11-8-19-14-5-3-2-4-10(11)14/h2-7,11,19H,8H2,1H3,(H,20,21). The summed E-state index contributed by atoms with van der Waals surface area (Å²) in [6.07, 6.45) is 0. The third-order valence-electron chi connectivity index (χ3n) is 3.67. The minimum atomic E-state index is -0.335. The first-order valence-electron chi connectivity index (χ1n) is 6.65. The highest BCUT2D eigenvalue weighted by molar-refractivity contribution is 9.10. The van der Waals surface area contributed by atoms with E-state index in [-0.39, 0.29) is 17.6 Å². The third kappa shape index (κ3) is 2.65. The third-order valence-corrected chi connectivity index (χ3v) is 4.28. The van der Waals surface area contributed by atoms with Gasteiger partial charge in [0.15, 0.2) is 0 Å². The number of benzene rings is 2. The number of fused-ring (bicyclic) bond motifs is 1. The Bertz CT molecular complexity index is 717. The van der Waals surface area contributed by atoms with E-state index in [0.717, 1.165) is 11.3 Å². The number of hydrogen-bond acceptors (Lipinski definition) is 2. The molecule has 3 nitrogen and oxygen atoms in total. The van der Waals surface area contributed by atoms with Crippen LogP contribution in [0.4, 0.5) is 15.8 Å². The highest BCUT2D eigenvalue weighted by atomic mass is 79.9. The van der Waals surface area contributed by atoms with Crippen molar-refractivity contribution in [3.63, 3.8) is 0 Å². The number of halogens is 2. The summed E-state index contributed by atoms with van der Waals surface area (Å²) in [5.74, 6) is -0.656. The zero-order valence-electron chi connectivity index (χ0n) is 11.4. The van der Waals surface area contributed by atoms with E-state index in [2.05, 4.69) is 26.6 Å². The molecular formula is C16H14BrFN2O. The maximum Gasteiger partial charge on any atom is 0.233 e. The van der Waals surface area contributed by atoms with Gasteiger partial charge in [-0.2, -0.15) is 0 Å². The van der Waals surface area contributed by atoms with Crippen LogP contribution < -0.4 is 10.6 Å². The molecule has 0 aliphatic carbocycles. The number of anilines is 2. The number of aryl methyl sites for hydroxylation is 1. The maximum atomic E-state index is 13.4. The number of rotatable bonds is 2. The van der Waals surface area contributed by atoms with Crippen LogP contribution in [0.5, 0.6) is 0 Å². The van der Waals surface area contributed by atoms with Crippen molar-refractivity contribution in [3.8, 4) is 0 Å². The first-order valence-corrected chi connectivity index (χ1v) is 7.45. The number of nitrogens with one attached hydrogen (secondary N) is 2. The average molecular weight is 349 g/mol. The molecule has 0 bridgehead atoms. The molecule has 0 saturated carbocycles. The Labute approximate surface area is 130 Å². The van der Waals surface area contributed by atoms with E-state index >= 15 is 0 Å². The van der Waals surface area contributed by atoms with Gasteiger partial charge < -0.3 is 10.6 Å². The number of amides is 1. The smallest absolute Gasteiger partial charge is 0.233 e. The van der Waals surface area contributed by atoms with Gasteiger partial charge in [-0.15, -0.1) is 0 Å². The van der Waals surface area contributed by atoms with Crippen LogP contribution >= 0.6 is 15.9 Å². The minimum Gasteiger partial charge on any atom is -0.384 e. The van der Waals surface area contributed by atoms with Gasteiger partial charge in [-0.3, -0.25) is 4.79 Å². The summed E-state index contributed by atoms with van der Waals surface area (Å²) >= 11 is 3.14. The molecule has 1 heterocycles. The second-order valence-electron chi connectivity index (χ2n) is 5.09. The predicted molar refractivity (Wildman–Crippen MR) is 85.1 cm³/mol. The van der Waals surface area contributed by atoms with Gasteiger partial charge in [0.1, 0.15) is 5.82 Å². The lowest BCUT2D eigenvalue weighted by molar-refractivity contribution is -0.117. The van der Waals surface area contributed by atoms with Gasteiger partial charge in [0.2, 0.25) is 5.91 Å². The molecule has 1 amide bonds. The van der Waals surface area contributed by atoms with E-state index in [1.165, 1.54) is 6.07 Å². The van der Waals surface area contributed by atoms with Crippen molar-refractivity contribution in [2.45, 2.75) is 12.8 Å². The molecule has 0 radical (unpaired) electrons. The highest BCUT2D eigenvalue weighted by Gasteiger charge is 2.28. The summed E-state index contributed by atoms with van der Waals surface area (Å²) < 4.78 is 13.8. The van der Waals surface area contributed by atoms with Crippen LogP contribution in [0.2, 0.25) is 0 Å². The highest BCUT2D eigenvalue weighted by Crippen LogP contribution is 2.32. The normalized spacial score (nSPS) is 16.2. The SMILES string of the molecule is Cc1cc(F)c(Br)cc1NC(=O)C1CNc2ccccc21. The molecule has 2 aromatic carbocycles.